The van der Waals surface area contributed by atoms with Crippen molar-refractivity contribution in [3.05, 3.63) is 84.4 Å². The summed E-state index contributed by atoms with van der Waals surface area (Å²) in [5, 5.41) is 9.19. The van der Waals surface area contributed by atoms with Gasteiger partial charge < -0.3 is 21.3 Å². The maximum atomic E-state index is 13.1. The van der Waals surface area contributed by atoms with E-state index >= 15 is 0 Å². The number of para-hydroxylation sites is 1. The van der Waals surface area contributed by atoms with Crippen molar-refractivity contribution in [3.8, 4) is 5.75 Å². The highest BCUT2D eigenvalue weighted by molar-refractivity contribution is 7.92. The average Bonchev–Trinajstić information content (AvgIpc) is 2.79. The fourth-order valence-electron chi connectivity index (χ4n) is 2.83. The molecular formula is C22H20N4O6S. The zero-order valence-electron chi connectivity index (χ0n) is 17.2. The summed E-state index contributed by atoms with van der Waals surface area (Å²) < 4.78 is 32.2. The van der Waals surface area contributed by atoms with E-state index in [0.717, 1.165) is 4.31 Å². The molecule has 0 saturated carbocycles. The van der Waals surface area contributed by atoms with Crippen molar-refractivity contribution in [2.75, 3.05) is 10.8 Å². The molecule has 11 heteroatoms. The van der Waals surface area contributed by atoms with Gasteiger partial charge in [-0.25, -0.2) is 18.2 Å². The van der Waals surface area contributed by atoms with Gasteiger partial charge in [0.2, 0.25) is 0 Å². The van der Waals surface area contributed by atoms with Crippen LogP contribution < -0.4 is 20.5 Å². The number of rotatable bonds is 8. The Morgan fingerprint density at radius 3 is 2.06 bits per heavy atom. The highest BCUT2D eigenvalue weighted by Gasteiger charge is 2.27. The number of aliphatic carboxylic acids is 1. The van der Waals surface area contributed by atoms with Crippen LogP contribution in [0, 0.1) is 0 Å². The van der Waals surface area contributed by atoms with E-state index in [2.05, 4.69) is 4.99 Å². The van der Waals surface area contributed by atoms with E-state index in [1.165, 1.54) is 48.5 Å². The smallest absolute Gasteiger partial charge is 0.343 e. The Morgan fingerprint density at radius 1 is 0.909 bits per heavy atom. The summed E-state index contributed by atoms with van der Waals surface area (Å²) in [5.41, 5.74) is 11.4. The second-order valence-corrected chi connectivity index (χ2v) is 8.55. The molecule has 0 unspecified atom stereocenters. The molecule has 0 atom stereocenters. The molecule has 0 spiro atoms. The molecule has 0 aliphatic heterocycles. The highest BCUT2D eigenvalue weighted by Crippen LogP contribution is 2.24. The number of carboxylic acids is 1. The zero-order valence-corrected chi connectivity index (χ0v) is 18.0. The Morgan fingerprint density at radius 2 is 1.52 bits per heavy atom. The molecule has 0 heterocycles. The van der Waals surface area contributed by atoms with E-state index in [4.69, 9.17) is 16.2 Å². The lowest BCUT2D eigenvalue weighted by Gasteiger charge is -2.22. The van der Waals surface area contributed by atoms with E-state index in [1.54, 1.807) is 30.3 Å². The third-order valence-electron chi connectivity index (χ3n) is 4.31. The second-order valence-electron chi connectivity index (χ2n) is 6.69. The number of nitrogens with two attached hydrogens (primary N) is 2. The SMILES string of the molecule is NC(N)=Nc1ccc(OC(=O)c2ccc(S(=O)(=O)N(CC(=O)O)c3ccccc3)cc2)cc1. The Balaban J connectivity index is 1.79. The number of carbonyl (C=O) groups excluding carboxylic acids is 1. The van der Waals surface area contributed by atoms with Crippen molar-refractivity contribution in [2.45, 2.75) is 4.90 Å². The Hall–Kier alpha value is -4.38. The molecule has 10 nitrogen and oxygen atoms in total. The van der Waals surface area contributed by atoms with Gasteiger partial charge in [0.25, 0.3) is 10.0 Å². The lowest BCUT2D eigenvalue weighted by atomic mass is 10.2. The summed E-state index contributed by atoms with van der Waals surface area (Å²) in [4.78, 5) is 27.4. The minimum atomic E-state index is -4.20. The van der Waals surface area contributed by atoms with Gasteiger partial charge in [-0.1, -0.05) is 18.2 Å². The highest BCUT2D eigenvalue weighted by atomic mass is 32.2. The van der Waals surface area contributed by atoms with Crippen LogP contribution in [-0.2, 0) is 14.8 Å². The summed E-state index contributed by atoms with van der Waals surface area (Å²) in [6, 6.07) is 19.0. The van der Waals surface area contributed by atoms with Crippen LogP contribution in [0.15, 0.2) is 88.8 Å². The average molecular weight is 468 g/mol. The van der Waals surface area contributed by atoms with Crippen molar-refractivity contribution in [1.82, 2.24) is 0 Å². The third-order valence-corrected chi connectivity index (χ3v) is 6.09. The van der Waals surface area contributed by atoms with Crippen LogP contribution in [0.5, 0.6) is 5.75 Å². The van der Waals surface area contributed by atoms with Crippen LogP contribution in [0.4, 0.5) is 11.4 Å². The van der Waals surface area contributed by atoms with Gasteiger partial charge in [-0.2, -0.15) is 0 Å². The Labute approximate surface area is 189 Å². The molecule has 33 heavy (non-hydrogen) atoms. The topological polar surface area (TPSA) is 165 Å². The third kappa shape index (κ3) is 5.86. The molecule has 3 aromatic carbocycles. The number of ether oxygens (including phenoxy) is 1. The van der Waals surface area contributed by atoms with E-state index in [1.807, 2.05) is 0 Å². The molecule has 0 aliphatic rings. The van der Waals surface area contributed by atoms with Gasteiger partial charge in [0.15, 0.2) is 5.96 Å². The maximum Gasteiger partial charge on any atom is 0.343 e. The van der Waals surface area contributed by atoms with Crippen LogP contribution in [0.1, 0.15) is 10.4 Å². The van der Waals surface area contributed by atoms with Gasteiger partial charge >= 0.3 is 11.9 Å². The Kier molecular flexibility index (Phi) is 6.94. The molecule has 3 rings (SSSR count). The van der Waals surface area contributed by atoms with Crippen molar-refractivity contribution < 1.29 is 27.9 Å². The van der Waals surface area contributed by atoms with Gasteiger partial charge in [-0.05, 0) is 60.7 Å². The molecule has 0 aromatic heterocycles. The van der Waals surface area contributed by atoms with E-state index < -0.39 is 28.5 Å². The second kappa shape index (κ2) is 9.83. The van der Waals surface area contributed by atoms with Gasteiger partial charge in [-0.3, -0.25) is 9.10 Å². The fraction of sp³-hybridized carbons (Fsp3) is 0.0455. The zero-order chi connectivity index (χ0) is 24.0. The van der Waals surface area contributed by atoms with Crippen LogP contribution in [0.2, 0.25) is 0 Å². The summed E-state index contributed by atoms with van der Waals surface area (Å²) >= 11 is 0. The predicted molar refractivity (Wildman–Crippen MR) is 122 cm³/mol. The number of hydrogen-bond donors (Lipinski definition) is 3. The number of benzene rings is 3. The molecule has 0 bridgehead atoms. The molecule has 3 aromatic rings. The van der Waals surface area contributed by atoms with Crippen molar-refractivity contribution in [3.63, 3.8) is 0 Å². The van der Waals surface area contributed by atoms with Crippen molar-refractivity contribution in [1.29, 1.82) is 0 Å². The van der Waals surface area contributed by atoms with Gasteiger partial charge in [0, 0.05) is 0 Å². The number of sulfonamides is 1. The largest absolute Gasteiger partial charge is 0.480 e. The van der Waals surface area contributed by atoms with Crippen LogP contribution >= 0.6 is 0 Å². The molecule has 0 aliphatic carbocycles. The van der Waals surface area contributed by atoms with Gasteiger partial charge in [0.05, 0.1) is 21.8 Å². The monoisotopic (exact) mass is 468 g/mol. The molecule has 5 N–H and O–H groups in total. The summed E-state index contributed by atoms with van der Waals surface area (Å²) in [6.45, 7) is -0.758. The first-order valence-electron chi connectivity index (χ1n) is 9.48. The molecule has 0 amide bonds. The normalized spacial score (nSPS) is 10.8. The maximum absolute atomic E-state index is 13.1. The standard InChI is InChI=1S/C22H20N4O6S/c23-22(24)25-16-8-10-18(11-9-16)32-21(29)15-6-12-19(13-7-15)33(30,31)26(14-20(27)28)17-4-2-1-3-5-17/h1-13H,14H2,(H,27,28)(H4,23,24,25). The molecule has 0 fully saturated rings. The fourth-order valence-corrected chi connectivity index (χ4v) is 4.24. The lowest BCUT2D eigenvalue weighted by molar-refractivity contribution is -0.135. The molecule has 170 valence electrons. The van der Waals surface area contributed by atoms with Crippen molar-refractivity contribution in [2.24, 2.45) is 16.5 Å². The molecule has 0 saturated heterocycles. The number of anilines is 1. The van der Waals surface area contributed by atoms with Crippen molar-refractivity contribution >= 4 is 39.3 Å². The molecular weight excluding hydrogens is 448 g/mol. The van der Waals surface area contributed by atoms with Crippen LogP contribution in [-0.4, -0.2) is 38.0 Å². The summed E-state index contributed by atoms with van der Waals surface area (Å²) in [6.07, 6.45) is 0. The number of guanidine groups is 1. The van der Waals surface area contributed by atoms with Crippen LogP contribution in [0.25, 0.3) is 0 Å². The Bertz CT molecular complexity index is 1270. The summed E-state index contributed by atoms with van der Waals surface area (Å²) in [5.74, 6) is -1.89. The summed E-state index contributed by atoms with van der Waals surface area (Å²) in [7, 11) is -4.20. The first kappa shape index (κ1) is 23.3. The van der Waals surface area contributed by atoms with Gasteiger partial charge in [0.1, 0.15) is 12.3 Å². The van der Waals surface area contributed by atoms with E-state index in [9.17, 15) is 23.1 Å². The number of carboxylic acid groups (broad SMARTS) is 1. The van der Waals surface area contributed by atoms with E-state index in [-0.39, 0.29) is 27.9 Å². The minimum Gasteiger partial charge on any atom is -0.480 e. The number of aliphatic imine (C=N–C) groups is 1. The lowest BCUT2D eigenvalue weighted by Crippen LogP contribution is -2.35. The van der Waals surface area contributed by atoms with Crippen LogP contribution in [0.3, 0.4) is 0 Å². The van der Waals surface area contributed by atoms with E-state index in [0.29, 0.717) is 5.69 Å². The first-order valence-corrected chi connectivity index (χ1v) is 10.9. The number of hydrogen-bond acceptors (Lipinski definition) is 6. The molecule has 0 radical (unpaired) electrons. The quantitative estimate of drug-likeness (QED) is 0.196. The number of esters is 1. The van der Waals surface area contributed by atoms with Gasteiger partial charge in [-0.15, -0.1) is 0 Å². The number of nitrogens with zero attached hydrogens (tertiary/aromatic N) is 2. The first-order chi connectivity index (χ1) is 15.7. The minimum absolute atomic E-state index is 0.103. The predicted octanol–water partition coefficient (Wildman–Crippen LogP) is 2.09. The number of carbonyl (C=O) groups is 2.